The standard InChI is InChI=1S/C26H28FN5O3/c1-35-23-6-5-21-25(31-23)19(20(27)15-29-21)9-12-32-10-7-17(8-11-32)28-14-18-13-16-3-2-4-22(33)24(16)26(34)30-18/h2-6,13,15,17,28,33H,7-12,14H2,1H3,(H,30,34). The van der Waals surface area contributed by atoms with Crippen molar-refractivity contribution in [2.45, 2.75) is 31.8 Å². The van der Waals surface area contributed by atoms with Gasteiger partial charge in [-0.1, -0.05) is 12.1 Å². The highest BCUT2D eigenvalue weighted by atomic mass is 19.1. The van der Waals surface area contributed by atoms with Crippen LogP contribution in [0.4, 0.5) is 4.39 Å². The summed E-state index contributed by atoms with van der Waals surface area (Å²) in [6, 6.07) is 10.8. The highest BCUT2D eigenvalue weighted by Crippen LogP contribution is 2.23. The third kappa shape index (κ3) is 4.96. The number of methoxy groups -OCH3 is 1. The van der Waals surface area contributed by atoms with Crippen molar-refractivity contribution in [3.8, 4) is 11.6 Å². The topological polar surface area (TPSA) is 103 Å². The first-order chi connectivity index (χ1) is 17.0. The van der Waals surface area contributed by atoms with E-state index < -0.39 is 0 Å². The Morgan fingerprint density at radius 1 is 1.26 bits per heavy atom. The van der Waals surface area contributed by atoms with E-state index in [1.165, 1.54) is 12.3 Å². The second-order valence-electron chi connectivity index (χ2n) is 8.92. The van der Waals surface area contributed by atoms with E-state index in [-0.39, 0.29) is 17.1 Å². The molecule has 0 radical (unpaired) electrons. The zero-order valence-corrected chi connectivity index (χ0v) is 19.6. The molecule has 5 rings (SSSR count). The zero-order chi connectivity index (χ0) is 24.4. The first-order valence-electron chi connectivity index (χ1n) is 11.8. The summed E-state index contributed by atoms with van der Waals surface area (Å²) in [4.78, 5) is 26.1. The number of piperidine rings is 1. The summed E-state index contributed by atoms with van der Waals surface area (Å²) in [6.07, 6.45) is 3.74. The molecular weight excluding hydrogens is 449 g/mol. The number of rotatable bonds is 7. The van der Waals surface area contributed by atoms with Gasteiger partial charge in [0.1, 0.15) is 11.6 Å². The number of aromatic hydroxyl groups is 1. The van der Waals surface area contributed by atoms with Gasteiger partial charge in [0.15, 0.2) is 0 Å². The van der Waals surface area contributed by atoms with Crippen molar-refractivity contribution in [2.24, 2.45) is 0 Å². The first kappa shape index (κ1) is 23.2. The van der Waals surface area contributed by atoms with Gasteiger partial charge < -0.3 is 25.0 Å². The number of fused-ring (bicyclic) bond motifs is 2. The lowest BCUT2D eigenvalue weighted by atomic mass is 10.0. The molecule has 35 heavy (non-hydrogen) atoms. The van der Waals surface area contributed by atoms with Gasteiger partial charge in [0.25, 0.3) is 5.56 Å². The van der Waals surface area contributed by atoms with Crippen LogP contribution in [-0.2, 0) is 13.0 Å². The average Bonchev–Trinajstić information content (AvgIpc) is 2.87. The minimum absolute atomic E-state index is 0.00908. The largest absolute Gasteiger partial charge is 0.507 e. The predicted molar refractivity (Wildman–Crippen MR) is 132 cm³/mol. The van der Waals surface area contributed by atoms with E-state index in [2.05, 4.69) is 25.2 Å². The molecule has 1 fully saturated rings. The second-order valence-corrected chi connectivity index (χ2v) is 8.92. The molecule has 0 amide bonds. The Kier molecular flexibility index (Phi) is 6.61. The van der Waals surface area contributed by atoms with Crippen LogP contribution < -0.4 is 15.6 Å². The predicted octanol–water partition coefficient (Wildman–Crippen LogP) is 3.12. The normalized spacial score (nSPS) is 15.1. The fourth-order valence-corrected chi connectivity index (χ4v) is 4.77. The number of aromatic nitrogens is 3. The molecule has 3 aromatic heterocycles. The van der Waals surface area contributed by atoms with Crippen LogP contribution in [0.5, 0.6) is 11.6 Å². The molecule has 0 spiro atoms. The van der Waals surface area contributed by atoms with Crippen LogP contribution in [0.15, 0.2) is 47.4 Å². The molecule has 0 unspecified atom stereocenters. The maximum Gasteiger partial charge on any atom is 0.259 e. The van der Waals surface area contributed by atoms with Crippen molar-refractivity contribution in [2.75, 3.05) is 26.7 Å². The average molecular weight is 478 g/mol. The van der Waals surface area contributed by atoms with Gasteiger partial charge in [-0.05, 0) is 55.9 Å². The van der Waals surface area contributed by atoms with Gasteiger partial charge in [0.2, 0.25) is 5.88 Å². The number of hydrogen-bond acceptors (Lipinski definition) is 7. The van der Waals surface area contributed by atoms with Gasteiger partial charge in [-0.25, -0.2) is 9.37 Å². The van der Waals surface area contributed by atoms with Gasteiger partial charge in [-0.2, -0.15) is 0 Å². The summed E-state index contributed by atoms with van der Waals surface area (Å²) >= 11 is 0. The van der Waals surface area contributed by atoms with E-state index in [0.29, 0.717) is 46.9 Å². The van der Waals surface area contributed by atoms with Crippen LogP contribution in [0.3, 0.4) is 0 Å². The Hall–Kier alpha value is -3.56. The minimum atomic E-state index is -0.340. The molecule has 1 aliphatic rings. The number of likely N-dealkylation sites (tertiary alicyclic amines) is 1. The maximum atomic E-state index is 14.6. The van der Waals surface area contributed by atoms with E-state index in [1.54, 1.807) is 25.3 Å². The van der Waals surface area contributed by atoms with Gasteiger partial charge in [0.05, 0.1) is 29.7 Å². The molecule has 9 heteroatoms. The third-order valence-electron chi connectivity index (χ3n) is 6.70. The van der Waals surface area contributed by atoms with Crippen LogP contribution in [0.2, 0.25) is 0 Å². The van der Waals surface area contributed by atoms with Gasteiger partial charge in [-0.3, -0.25) is 9.78 Å². The number of phenolic OH excluding ortho intramolecular Hbond substituents is 1. The molecule has 0 atom stereocenters. The summed E-state index contributed by atoms with van der Waals surface area (Å²) in [7, 11) is 1.54. The molecule has 182 valence electrons. The fraction of sp³-hybridized carbons (Fsp3) is 0.346. The van der Waals surface area contributed by atoms with Crippen molar-refractivity contribution in [3.63, 3.8) is 0 Å². The molecule has 8 nitrogen and oxygen atoms in total. The maximum absolute atomic E-state index is 14.6. The lowest BCUT2D eigenvalue weighted by Gasteiger charge is -2.32. The van der Waals surface area contributed by atoms with E-state index in [9.17, 15) is 14.3 Å². The number of nitrogens with zero attached hydrogens (tertiary/aromatic N) is 3. The van der Waals surface area contributed by atoms with Crippen molar-refractivity contribution < 1.29 is 14.2 Å². The lowest BCUT2D eigenvalue weighted by Crippen LogP contribution is -2.43. The monoisotopic (exact) mass is 477 g/mol. The highest BCUT2D eigenvalue weighted by Gasteiger charge is 2.20. The fourth-order valence-electron chi connectivity index (χ4n) is 4.77. The SMILES string of the molecule is COc1ccc2ncc(F)c(CCN3CCC(NCc4cc5cccc(O)c5c(=O)[nH]4)CC3)c2n1. The van der Waals surface area contributed by atoms with Gasteiger partial charge >= 0.3 is 0 Å². The number of pyridine rings is 3. The number of benzene rings is 1. The number of halogens is 1. The Morgan fingerprint density at radius 3 is 2.89 bits per heavy atom. The molecule has 1 aliphatic heterocycles. The minimum Gasteiger partial charge on any atom is -0.507 e. The number of hydrogen-bond donors (Lipinski definition) is 3. The van der Waals surface area contributed by atoms with E-state index in [4.69, 9.17) is 4.74 Å². The number of aromatic amines is 1. The number of nitrogens with one attached hydrogen (secondary N) is 2. The Labute approximate surface area is 201 Å². The van der Waals surface area contributed by atoms with Crippen molar-refractivity contribution in [3.05, 3.63) is 70.0 Å². The van der Waals surface area contributed by atoms with E-state index >= 15 is 0 Å². The molecule has 1 aromatic carbocycles. The number of ether oxygens (including phenoxy) is 1. The molecule has 4 heterocycles. The molecule has 4 aromatic rings. The summed E-state index contributed by atoms with van der Waals surface area (Å²) in [6.45, 7) is 3.10. The lowest BCUT2D eigenvalue weighted by molar-refractivity contribution is 0.198. The molecule has 1 saturated heterocycles. The number of H-pyrrole nitrogens is 1. The Bertz CT molecular complexity index is 1420. The van der Waals surface area contributed by atoms with Crippen LogP contribution in [0, 0.1) is 5.82 Å². The highest BCUT2D eigenvalue weighted by molar-refractivity contribution is 5.87. The number of phenols is 1. The first-order valence-corrected chi connectivity index (χ1v) is 11.8. The summed E-state index contributed by atoms with van der Waals surface area (Å²) in [5, 5.41) is 14.5. The van der Waals surface area contributed by atoms with Crippen LogP contribution in [-0.4, -0.2) is 57.7 Å². The summed E-state index contributed by atoms with van der Waals surface area (Å²) in [5.41, 5.74) is 2.29. The van der Waals surface area contributed by atoms with Crippen LogP contribution in [0.1, 0.15) is 24.1 Å². The van der Waals surface area contributed by atoms with Crippen molar-refractivity contribution in [1.29, 1.82) is 0 Å². The molecule has 0 bridgehead atoms. The van der Waals surface area contributed by atoms with E-state index in [1.807, 2.05) is 12.1 Å². The molecular formula is C26H28FN5O3. The quantitative estimate of drug-likeness (QED) is 0.376. The molecule has 0 aliphatic carbocycles. The van der Waals surface area contributed by atoms with E-state index in [0.717, 1.165) is 43.6 Å². The zero-order valence-electron chi connectivity index (χ0n) is 19.6. The van der Waals surface area contributed by atoms with Gasteiger partial charge in [0, 0.05) is 36.5 Å². The Balaban J connectivity index is 1.16. The van der Waals surface area contributed by atoms with Crippen molar-refractivity contribution in [1.82, 2.24) is 25.2 Å². The third-order valence-corrected chi connectivity index (χ3v) is 6.70. The Morgan fingerprint density at radius 2 is 2.09 bits per heavy atom. The van der Waals surface area contributed by atoms with Crippen molar-refractivity contribution >= 4 is 21.8 Å². The molecule has 0 saturated carbocycles. The summed E-state index contributed by atoms with van der Waals surface area (Å²) < 4.78 is 19.8. The smallest absolute Gasteiger partial charge is 0.259 e. The van der Waals surface area contributed by atoms with Crippen LogP contribution >= 0.6 is 0 Å². The second kappa shape index (κ2) is 9.97. The molecule has 3 N–H and O–H groups in total. The van der Waals surface area contributed by atoms with Crippen LogP contribution in [0.25, 0.3) is 21.8 Å². The van der Waals surface area contributed by atoms with Gasteiger partial charge in [-0.15, -0.1) is 0 Å². The summed E-state index contributed by atoms with van der Waals surface area (Å²) in [5.74, 6) is 0.0975.